The molecular weight excluding hydrogens is 631 g/mol. The number of nitrogens with zero attached hydrogens (tertiary/aromatic N) is 6. The van der Waals surface area contributed by atoms with Gasteiger partial charge in [-0.3, -0.25) is 5.01 Å². The van der Waals surface area contributed by atoms with Gasteiger partial charge in [0, 0.05) is 46.6 Å². The number of rotatable bonds is 12. The molecule has 10 rings (SSSR count). The Morgan fingerprint density at radius 2 is 0.863 bits per heavy atom. The van der Waals surface area contributed by atoms with Gasteiger partial charge in [-0.05, 0) is 150 Å². The van der Waals surface area contributed by atoms with Crippen LogP contribution in [0.3, 0.4) is 0 Å². The van der Waals surface area contributed by atoms with Crippen LogP contribution in [0.5, 0.6) is 0 Å². The Bertz CT molecular complexity index is 1570. The van der Waals surface area contributed by atoms with Crippen LogP contribution in [-0.2, 0) is 0 Å². The maximum absolute atomic E-state index is 4.10. The largest absolute Gasteiger partial charge is 0.354 e. The van der Waals surface area contributed by atoms with Gasteiger partial charge < -0.3 is 26.0 Å². The Morgan fingerprint density at radius 3 is 1.35 bits per heavy atom. The van der Waals surface area contributed by atoms with E-state index < -0.39 is 0 Å². The van der Waals surface area contributed by atoms with E-state index in [0.29, 0.717) is 17.8 Å². The molecule has 8 atom stereocenters. The van der Waals surface area contributed by atoms with Gasteiger partial charge in [-0.25, -0.2) is 0 Å². The van der Waals surface area contributed by atoms with Crippen molar-refractivity contribution in [2.45, 2.75) is 138 Å². The summed E-state index contributed by atoms with van der Waals surface area (Å²) in [5.41, 5.74) is 15.0. The molecule has 1 fully saturated rings. The molecule has 0 saturated carbocycles. The molecule has 51 heavy (non-hydrogen) atoms. The first-order valence-corrected chi connectivity index (χ1v) is 19.8. The van der Waals surface area contributed by atoms with Gasteiger partial charge in [0.25, 0.3) is 0 Å². The Hall–Kier alpha value is -3.66. The van der Waals surface area contributed by atoms with Gasteiger partial charge in [0.15, 0.2) is 18.9 Å². The summed E-state index contributed by atoms with van der Waals surface area (Å²) >= 11 is 0. The second-order valence-electron chi connectivity index (χ2n) is 16.9. The predicted molar refractivity (Wildman–Crippen MR) is 215 cm³/mol. The summed E-state index contributed by atoms with van der Waals surface area (Å²) in [4.78, 5) is 5.37. The highest BCUT2D eigenvalue weighted by Crippen LogP contribution is 2.44. The minimum Gasteiger partial charge on any atom is -0.354 e. The quantitative estimate of drug-likeness (QED) is 0.172. The van der Waals surface area contributed by atoms with Crippen molar-refractivity contribution in [2.75, 3.05) is 31.0 Å². The van der Waals surface area contributed by atoms with Gasteiger partial charge >= 0.3 is 0 Å². The number of benzene rings is 3. The lowest BCUT2D eigenvalue weighted by Crippen LogP contribution is -2.84. The number of anilines is 6. The van der Waals surface area contributed by atoms with Crippen LogP contribution in [0.4, 0.5) is 34.1 Å². The number of hydrogen-bond acceptors (Lipinski definition) is 9. The molecule has 0 aromatic heterocycles. The number of hydrogen-bond donors (Lipinski definition) is 3. The van der Waals surface area contributed by atoms with Crippen LogP contribution in [0.15, 0.2) is 72.8 Å². The first-order chi connectivity index (χ1) is 24.5. The van der Waals surface area contributed by atoms with E-state index >= 15 is 0 Å². The van der Waals surface area contributed by atoms with Crippen LogP contribution < -0.4 is 31.0 Å². The Balaban J connectivity index is 1.48. The van der Waals surface area contributed by atoms with E-state index in [2.05, 4.69) is 181 Å². The Labute approximate surface area is 307 Å². The van der Waals surface area contributed by atoms with E-state index in [1.165, 1.54) is 29.9 Å². The van der Waals surface area contributed by atoms with Crippen molar-refractivity contribution in [1.29, 1.82) is 0 Å². The van der Waals surface area contributed by atoms with Crippen LogP contribution in [0, 0.1) is 17.8 Å². The van der Waals surface area contributed by atoms with Crippen molar-refractivity contribution >= 4 is 34.1 Å². The fourth-order valence-corrected chi connectivity index (χ4v) is 8.43. The lowest BCUT2D eigenvalue weighted by Gasteiger charge is -2.64. The van der Waals surface area contributed by atoms with Crippen LogP contribution in [-0.4, -0.2) is 52.0 Å². The minimum atomic E-state index is -0.234. The Kier molecular flexibility index (Phi) is 10.3. The van der Waals surface area contributed by atoms with Crippen LogP contribution in [0.2, 0.25) is 0 Å². The third-order valence-electron chi connectivity index (χ3n) is 11.4. The van der Waals surface area contributed by atoms with Crippen molar-refractivity contribution in [3.05, 3.63) is 72.8 Å². The molecular formula is C42H63N9. The molecule has 3 aromatic carbocycles. The summed E-state index contributed by atoms with van der Waals surface area (Å²) in [6, 6.07) is 28.3. The smallest absolute Gasteiger partial charge is 0.180 e. The lowest BCUT2D eigenvalue weighted by atomic mass is 10.0. The van der Waals surface area contributed by atoms with E-state index in [0.717, 1.165) is 42.7 Å². The molecule has 0 aliphatic carbocycles. The highest BCUT2D eigenvalue weighted by atomic mass is 15.9. The third-order valence-corrected chi connectivity index (χ3v) is 11.4. The molecule has 0 amide bonds. The first kappa shape index (κ1) is 35.7. The summed E-state index contributed by atoms with van der Waals surface area (Å²) in [5.74, 6) is 1.90. The van der Waals surface area contributed by atoms with Gasteiger partial charge in [-0.1, -0.05) is 41.5 Å². The summed E-state index contributed by atoms with van der Waals surface area (Å²) in [5, 5.41) is 14.4. The van der Waals surface area contributed by atoms with Crippen molar-refractivity contribution in [1.82, 2.24) is 15.0 Å². The SMILES string of the molecule is CC(C)CCC(C)N1c2ccc(cc2)NN2C1N1Nc3ccc(cc3)N(C(C)CCC(C)C)N3C1Nc1ccc(cc1)N(C(C)CCC(C)C)C23. The molecule has 7 heterocycles. The van der Waals surface area contributed by atoms with Crippen LogP contribution in [0.25, 0.3) is 0 Å². The molecule has 1 saturated heterocycles. The van der Waals surface area contributed by atoms with Gasteiger partial charge in [0.05, 0.1) is 5.69 Å². The van der Waals surface area contributed by atoms with Gasteiger partial charge in [-0.15, -0.1) is 15.0 Å². The first-order valence-electron chi connectivity index (χ1n) is 19.8. The molecule has 0 radical (unpaired) electrons. The molecule has 9 nitrogen and oxygen atoms in total. The summed E-state index contributed by atoms with van der Waals surface area (Å²) in [7, 11) is 0. The summed E-state index contributed by atoms with van der Waals surface area (Å²) in [6.07, 6.45) is 6.18. The van der Waals surface area contributed by atoms with Crippen molar-refractivity contribution in [3.63, 3.8) is 0 Å². The highest BCUT2D eigenvalue weighted by molar-refractivity contribution is 5.63. The third kappa shape index (κ3) is 7.09. The number of fused-ring (bicyclic) bond motifs is 6. The lowest BCUT2D eigenvalue weighted by molar-refractivity contribution is -0.157. The Morgan fingerprint density at radius 1 is 0.451 bits per heavy atom. The second kappa shape index (κ2) is 14.8. The minimum absolute atomic E-state index is 0.186. The van der Waals surface area contributed by atoms with E-state index in [-0.39, 0.29) is 37.0 Å². The zero-order valence-electron chi connectivity index (χ0n) is 32.6. The summed E-state index contributed by atoms with van der Waals surface area (Å²) < 4.78 is 0. The average molecular weight is 694 g/mol. The molecule has 8 unspecified atom stereocenters. The van der Waals surface area contributed by atoms with Gasteiger partial charge in [0.2, 0.25) is 0 Å². The van der Waals surface area contributed by atoms with E-state index in [1.54, 1.807) is 0 Å². The molecule has 7 aliphatic rings. The monoisotopic (exact) mass is 694 g/mol. The van der Waals surface area contributed by atoms with Gasteiger partial charge in [0.1, 0.15) is 0 Å². The molecule has 3 N–H and O–H groups in total. The average Bonchev–Trinajstić information content (AvgIpc) is 3.23. The maximum Gasteiger partial charge on any atom is 0.180 e. The highest BCUT2D eigenvalue weighted by Gasteiger charge is 2.56. The molecule has 276 valence electrons. The predicted octanol–water partition coefficient (Wildman–Crippen LogP) is 9.77. The summed E-state index contributed by atoms with van der Waals surface area (Å²) in [6.45, 7) is 21.4. The zero-order valence-corrected chi connectivity index (χ0v) is 32.6. The fourth-order valence-electron chi connectivity index (χ4n) is 8.43. The fraction of sp³-hybridized carbons (Fsp3) is 0.571. The number of nitrogens with one attached hydrogen (secondary N) is 3. The van der Waals surface area contributed by atoms with Crippen LogP contribution >= 0.6 is 0 Å². The number of hydrazine groups is 3. The van der Waals surface area contributed by atoms with Gasteiger partial charge in [-0.2, -0.15) is 0 Å². The molecule has 3 aromatic rings. The van der Waals surface area contributed by atoms with Crippen molar-refractivity contribution in [2.24, 2.45) is 17.8 Å². The second-order valence-corrected chi connectivity index (χ2v) is 16.9. The van der Waals surface area contributed by atoms with Crippen LogP contribution in [0.1, 0.15) is 101 Å². The molecule has 10 bridgehead atoms. The normalized spacial score (nSPS) is 25.4. The zero-order chi connectivity index (χ0) is 36.0. The molecule has 0 spiro atoms. The van der Waals surface area contributed by atoms with Crippen molar-refractivity contribution in [3.8, 4) is 0 Å². The van der Waals surface area contributed by atoms with Crippen molar-refractivity contribution < 1.29 is 0 Å². The molecule has 7 aliphatic heterocycles. The molecule has 9 heteroatoms. The van der Waals surface area contributed by atoms with E-state index in [1.807, 2.05) is 0 Å². The van der Waals surface area contributed by atoms with E-state index in [9.17, 15) is 0 Å². The topological polar surface area (TPSA) is 55.5 Å². The van der Waals surface area contributed by atoms with E-state index in [4.69, 9.17) is 0 Å². The maximum atomic E-state index is 4.10. The standard InChI is InChI=1S/C42H63N9/c1-28(2)10-13-31(7)46-37-24-18-36(19-25-37)45-49-41(46)48-40-43-34-16-22-38(23-17-34)47(32(8)14-11-29(3)4)42(49)51(40)50(33(9)15-12-30(5)6)39-26-20-35(44-48)21-27-39/h16-33,40-45H,10-15H2,1-9H3.